The molecule has 0 amide bonds. The number of ether oxygens (including phenoxy) is 6. The second-order valence-corrected chi connectivity index (χ2v) is 7.97. The summed E-state index contributed by atoms with van der Waals surface area (Å²) in [5.41, 5.74) is 13.6. The van der Waals surface area contributed by atoms with Crippen molar-refractivity contribution in [2.75, 3.05) is 65.9 Å². The van der Waals surface area contributed by atoms with Gasteiger partial charge in [-0.15, -0.1) is 0 Å². The van der Waals surface area contributed by atoms with Crippen LogP contribution in [0.5, 0.6) is 23.0 Å². The standard InChI is InChI=1S/C26H38N2O6/c27-9-1-3-21-5-7-23-25(19-21)33-17-13-29-12-16-32-24-8-6-22(4-2-10-28)20-26(24)34-18-14-30-11-15-31-23/h5-8,19-20H,1-4,9-18,27-28H2. The predicted molar refractivity (Wildman–Crippen MR) is 131 cm³/mol. The molecule has 0 unspecified atom stereocenters. The highest BCUT2D eigenvalue weighted by Gasteiger charge is 2.10. The molecular weight excluding hydrogens is 436 g/mol. The van der Waals surface area contributed by atoms with Crippen molar-refractivity contribution in [3.63, 3.8) is 0 Å². The Labute approximate surface area is 202 Å². The average Bonchev–Trinajstić information content (AvgIpc) is 2.86. The molecule has 1 aliphatic heterocycles. The van der Waals surface area contributed by atoms with Gasteiger partial charge in [0, 0.05) is 0 Å². The summed E-state index contributed by atoms with van der Waals surface area (Å²) >= 11 is 0. The van der Waals surface area contributed by atoms with Gasteiger partial charge in [-0.2, -0.15) is 0 Å². The average molecular weight is 475 g/mol. The summed E-state index contributed by atoms with van der Waals surface area (Å²) in [5.74, 6) is 2.80. The topological polar surface area (TPSA) is 107 Å². The minimum Gasteiger partial charge on any atom is -0.487 e. The van der Waals surface area contributed by atoms with Crippen LogP contribution in [0.1, 0.15) is 24.0 Å². The third-order valence-electron chi connectivity index (χ3n) is 5.30. The first kappa shape index (κ1) is 26.1. The molecule has 0 spiro atoms. The summed E-state index contributed by atoms with van der Waals surface area (Å²) in [4.78, 5) is 0. The number of fused-ring (bicyclic) bond motifs is 2. The molecule has 2 aromatic rings. The molecule has 0 aliphatic carbocycles. The Morgan fingerprint density at radius 3 is 1.26 bits per heavy atom. The van der Waals surface area contributed by atoms with Gasteiger partial charge in [-0.25, -0.2) is 0 Å². The lowest BCUT2D eigenvalue weighted by molar-refractivity contribution is 0.0640. The summed E-state index contributed by atoms with van der Waals surface area (Å²) in [5, 5.41) is 0. The first-order valence-electron chi connectivity index (χ1n) is 12.1. The van der Waals surface area contributed by atoms with Crippen LogP contribution < -0.4 is 30.4 Å². The first-order chi connectivity index (χ1) is 16.8. The van der Waals surface area contributed by atoms with Gasteiger partial charge in [0.1, 0.15) is 26.4 Å². The van der Waals surface area contributed by atoms with Gasteiger partial charge >= 0.3 is 0 Å². The highest BCUT2D eigenvalue weighted by Crippen LogP contribution is 2.30. The second-order valence-electron chi connectivity index (χ2n) is 7.97. The molecule has 34 heavy (non-hydrogen) atoms. The van der Waals surface area contributed by atoms with Crippen LogP contribution in [-0.2, 0) is 22.3 Å². The molecule has 8 nitrogen and oxygen atoms in total. The van der Waals surface area contributed by atoms with Crippen molar-refractivity contribution in [3.05, 3.63) is 47.5 Å². The van der Waals surface area contributed by atoms with Crippen molar-refractivity contribution in [2.45, 2.75) is 25.7 Å². The third-order valence-corrected chi connectivity index (χ3v) is 5.30. The van der Waals surface area contributed by atoms with Gasteiger partial charge in [0.15, 0.2) is 23.0 Å². The molecule has 188 valence electrons. The van der Waals surface area contributed by atoms with E-state index in [9.17, 15) is 0 Å². The molecule has 0 saturated heterocycles. The number of benzene rings is 2. The Hall–Kier alpha value is -2.52. The van der Waals surface area contributed by atoms with Crippen molar-refractivity contribution in [2.24, 2.45) is 11.5 Å². The Kier molecular flexibility index (Phi) is 11.8. The van der Waals surface area contributed by atoms with Crippen molar-refractivity contribution in [3.8, 4) is 23.0 Å². The molecule has 1 aliphatic rings. The van der Waals surface area contributed by atoms with Gasteiger partial charge < -0.3 is 39.9 Å². The maximum Gasteiger partial charge on any atom is 0.161 e. The highest BCUT2D eigenvalue weighted by molar-refractivity contribution is 5.44. The molecule has 0 atom stereocenters. The fraction of sp³-hybridized carbons (Fsp3) is 0.538. The van der Waals surface area contributed by atoms with Crippen LogP contribution in [0.3, 0.4) is 0 Å². The molecule has 0 radical (unpaired) electrons. The normalized spacial score (nSPS) is 15.8. The van der Waals surface area contributed by atoms with E-state index in [0.29, 0.717) is 88.9 Å². The fourth-order valence-corrected chi connectivity index (χ4v) is 3.54. The minimum atomic E-state index is 0.414. The van der Waals surface area contributed by atoms with E-state index < -0.39 is 0 Å². The molecule has 8 heteroatoms. The zero-order valence-corrected chi connectivity index (χ0v) is 20.0. The summed E-state index contributed by atoms with van der Waals surface area (Å²) in [6.45, 7) is 4.75. The van der Waals surface area contributed by atoms with Gasteiger partial charge in [-0.1, -0.05) is 12.1 Å². The highest BCUT2D eigenvalue weighted by atomic mass is 16.6. The van der Waals surface area contributed by atoms with Crippen LogP contribution in [0.15, 0.2) is 36.4 Å². The van der Waals surface area contributed by atoms with E-state index in [1.54, 1.807) is 0 Å². The lowest BCUT2D eigenvalue weighted by Gasteiger charge is -2.16. The monoisotopic (exact) mass is 474 g/mol. The number of hydrogen-bond acceptors (Lipinski definition) is 8. The molecular formula is C26H38N2O6. The van der Waals surface area contributed by atoms with E-state index in [0.717, 1.165) is 25.7 Å². The molecule has 2 aromatic carbocycles. The Bertz CT molecular complexity index is 779. The van der Waals surface area contributed by atoms with Gasteiger partial charge in [-0.3, -0.25) is 0 Å². The molecule has 0 fully saturated rings. The quantitative estimate of drug-likeness (QED) is 0.658. The summed E-state index contributed by atoms with van der Waals surface area (Å²) in [7, 11) is 0. The number of aryl methyl sites for hydroxylation is 2. The SMILES string of the molecule is NCCCc1ccc2c(c1)OCCOCCOc1ccc(CCCN)cc1OCCOCCO2. The maximum atomic E-state index is 5.96. The summed E-state index contributed by atoms with van der Waals surface area (Å²) < 4.78 is 35.2. The zero-order valence-electron chi connectivity index (χ0n) is 20.0. The van der Waals surface area contributed by atoms with Crippen molar-refractivity contribution in [1.29, 1.82) is 0 Å². The van der Waals surface area contributed by atoms with E-state index in [-0.39, 0.29) is 0 Å². The molecule has 0 saturated carbocycles. The minimum absolute atomic E-state index is 0.414. The number of rotatable bonds is 6. The first-order valence-corrected chi connectivity index (χ1v) is 12.1. The van der Waals surface area contributed by atoms with Crippen LogP contribution in [0.4, 0.5) is 0 Å². The van der Waals surface area contributed by atoms with Crippen LogP contribution in [0, 0.1) is 0 Å². The molecule has 4 N–H and O–H groups in total. The van der Waals surface area contributed by atoms with E-state index in [2.05, 4.69) is 0 Å². The summed E-state index contributed by atoms with van der Waals surface area (Å²) in [6, 6.07) is 12.0. The Morgan fingerprint density at radius 2 is 0.882 bits per heavy atom. The lowest BCUT2D eigenvalue weighted by atomic mass is 10.1. The van der Waals surface area contributed by atoms with Gasteiger partial charge in [0.25, 0.3) is 0 Å². The Balaban J connectivity index is 1.59. The predicted octanol–water partition coefficient (Wildman–Crippen LogP) is 2.73. The van der Waals surface area contributed by atoms with E-state index in [1.807, 2.05) is 36.4 Å². The third kappa shape index (κ3) is 9.02. The number of hydrogen-bond donors (Lipinski definition) is 2. The summed E-state index contributed by atoms with van der Waals surface area (Å²) in [6.07, 6.45) is 3.66. The fourth-order valence-electron chi connectivity index (χ4n) is 3.54. The molecule has 0 aromatic heterocycles. The van der Waals surface area contributed by atoms with Crippen molar-refractivity contribution >= 4 is 0 Å². The van der Waals surface area contributed by atoms with Crippen molar-refractivity contribution in [1.82, 2.24) is 0 Å². The lowest BCUT2D eigenvalue weighted by Crippen LogP contribution is -2.15. The Morgan fingerprint density at radius 1 is 0.500 bits per heavy atom. The maximum absolute atomic E-state index is 5.96. The van der Waals surface area contributed by atoms with E-state index in [4.69, 9.17) is 39.9 Å². The second kappa shape index (κ2) is 15.4. The number of nitrogens with two attached hydrogens (primary N) is 2. The van der Waals surface area contributed by atoms with Gasteiger partial charge in [0.2, 0.25) is 0 Å². The largest absolute Gasteiger partial charge is 0.487 e. The molecule has 3 rings (SSSR count). The van der Waals surface area contributed by atoms with Crippen LogP contribution >= 0.6 is 0 Å². The van der Waals surface area contributed by atoms with E-state index >= 15 is 0 Å². The molecule has 1 heterocycles. The van der Waals surface area contributed by atoms with Crippen LogP contribution in [0.25, 0.3) is 0 Å². The van der Waals surface area contributed by atoms with Gasteiger partial charge in [-0.05, 0) is 74.2 Å². The zero-order chi connectivity index (χ0) is 23.8. The van der Waals surface area contributed by atoms with Crippen molar-refractivity contribution < 1.29 is 28.4 Å². The van der Waals surface area contributed by atoms with Crippen LogP contribution in [-0.4, -0.2) is 65.9 Å². The molecule has 0 bridgehead atoms. The smallest absolute Gasteiger partial charge is 0.161 e. The van der Waals surface area contributed by atoms with E-state index in [1.165, 1.54) is 11.1 Å². The van der Waals surface area contributed by atoms with Gasteiger partial charge in [0.05, 0.1) is 26.4 Å². The van der Waals surface area contributed by atoms with Crippen LogP contribution in [0.2, 0.25) is 0 Å².